The van der Waals surface area contributed by atoms with E-state index in [0.29, 0.717) is 11.4 Å². The molecule has 0 saturated carbocycles. The predicted octanol–water partition coefficient (Wildman–Crippen LogP) is 1.90. The van der Waals surface area contributed by atoms with Crippen LogP contribution < -0.4 is 4.74 Å². The number of rotatable bonds is 0. The quantitative estimate of drug-likeness (QED) is 0.670. The van der Waals surface area contributed by atoms with Gasteiger partial charge in [0.1, 0.15) is 5.75 Å². The Morgan fingerprint density at radius 1 is 1.25 bits per heavy atom. The van der Waals surface area contributed by atoms with E-state index in [4.69, 9.17) is 4.74 Å². The number of hydrogen-bond acceptors (Lipinski definition) is 4. The number of nitrogens with zero attached hydrogens (tertiary/aromatic N) is 2. The fraction of sp³-hybridized carbons (Fsp3) is 0.0833. The van der Waals surface area contributed by atoms with Crippen molar-refractivity contribution in [2.24, 2.45) is 4.99 Å². The standard InChI is InChI=1S/C12H8N2O2/c15-8-6-14-10-4-5-13-9-2-1-3-11(12(9)10)16-7-8/h1-6H,7H2. The van der Waals surface area contributed by atoms with Gasteiger partial charge in [-0.2, -0.15) is 0 Å². The van der Waals surface area contributed by atoms with Crippen LogP contribution >= 0.6 is 0 Å². The van der Waals surface area contributed by atoms with Gasteiger partial charge in [0, 0.05) is 6.20 Å². The van der Waals surface area contributed by atoms with Crippen LogP contribution in [0, 0.1) is 0 Å². The highest BCUT2D eigenvalue weighted by molar-refractivity contribution is 6.29. The molecule has 1 aliphatic heterocycles. The number of aliphatic imine (C=N–C) groups is 1. The Bertz CT molecular complexity index is 600. The zero-order chi connectivity index (χ0) is 11.0. The number of ether oxygens (including phenoxy) is 1. The Kier molecular flexibility index (Phi) is 1.93. The lowest BCUT2D eigenvalue weighted by Crippen LogP contribution is -2.13. The summed E-state index contributed by atoms with van der Waals surface area (Å²) in [5.74, 6) is 0.519. The molecular weight excluding hydrogens is 204 g/mol. The van der Waals surface area contributed by atoms with E-state index < -0.39 is 0 Å². The van der Waals surface area contributed by atoms with Crippen LogP contribution in [0.3, 0.4) is 0 Å². The van der Waals surface area contributed by atoms with Gasteiger partial charge in [-0.05, 0) is 18.2 Å². The summed E-state index contributed by atoms with van der Waals surface area (Å²) in [6, 6.07) is 7.33. The summed E-state index contributed by atoms with van der Waals surface area (Å²) in [5, 5.41) is 0.855. The van der Waals surface area contributed by atoms with Gasteiger partial charge >= 0.3 is 0 Å². The molecule has 0 unspecified atom stereocenters. The normalized spacial score (nSPS) is 14.4. The van der Waals surface area contributed by atoms with Gasteiger partial charge in [0.25, 0.3) is 0 Å². The van der Waals surface area contributed by atoms with E-state index in [2.05, 4.69) is 9.98 Å². The summed E-state index contributed by atoms with van der Waals surface area (Å²) in [4.78, 5) is 19.7. The van der Waals surface area contributed by atoms with Crippen molar-refractivity contribution in [3.05, 3.63) is 30.5 Å². The van der Waals surface area contributed by atoms with Crippen molar-refractivity contribution in [3.63, 3.8) is 0 Å². The second-order valence-corrected chi connectivity index (χ2v) is 3.49. The summed E-state index contributed by atoms with van der Waals surface area (Å²) >= 11 is 0. The van der Waals surface area contributed by atoms with Gasteiger partial charge in [0.05, 0.1) is 22.8 Å². The molecule has 0 fully saturated rings. The van der Waals surface area contributed by atoms with Gasteiger partial charge in [0.2, 0.25) is 5.78 Å². The fourth-order valence-electron chi connectivity index (χ4n) is 1.71. The third kappa shape index (κ3) is 1.35. The molecule has 2 aromatic rings. The maximum absolute atomic E-state index is 11.3. The highest BCUT2D eigenvalue weighted by Crippen LogP contribution is 2.33. The van der Waals surface area contributed by atoms with Crippen LogP contribution in [0.15, 0.2) is 35.5 Å². The summed E-state index contributed by atoms with van der Waals surface area (Å²) in [6.07, 6.45) is 2.97. The van der Waals surface area contributed by atoms with Crippen molar-refractivity contribution in [2.75, 3.05) is 6.61 Å². The van der Waals surface area contributed by atoms with Crippen LogP contribution in [-0.4, -0.2) is 23.6 Å². The van der Waals surface area contributed by atoms with E-state index in [-0.39, 0.29) is 12.4 Å². The fourth-order valence-corrected chi connectivity index (χ4v) is 1.71. The molecule has 78 valence electrons. The summed E-state index contributed by atoms with van der Waals surface area (Å²) in [5.41, 5.74) is 1.54. The lowest BCUT2D eigenvalue weighted by atomic mass is 10.1. The summed E-state index contributed by atoms with van der Waals surface area (Å²) in [7, 11) is 0. The Balaban J connectivity index is 2.38. The predicted molar refractivity (Wildman–Crippen MR) is 60.4 cm³/mol. The van der Waals surface area contributed by atoms with Gasteiger partial charge in [-0.25, -0.2) is 0 Å². The minimum atomic E-state index is -0.139. The topological polar surface area (TPSA) is 51.5 Å². The monoisotopic (exact) mass is 212 g/mol. The second-order valence-electron chi connectivity index (χ2n) is 3.49. The van der Waals surface area contributed by atoms with Crippen LogP contribution in [-0.2, 0) is 4.79 Å². The van der Waals surface area contributed by atoms with Crippen LogP contribution in [0.1, 0.15) is 0 Å². The van der Waals surface area contributed by atoms with E-state index in [9.17, 15) is 4.79 Å². The van der Waals surface area contributed by atoms with Crippen LogP contribution in [0.4, 0.5) is 5.69 Å². The molecule has 0 saturated heterocycles. The molecule has 4 heteroatoms. The largest absolute Gasteiger partial charge is 0.485 e. The highest BCUT2D eigenvalue weighted by atomic mass is 16.5. The molecular formula is C12H8N2O2. The Hall–Kier alpha value is -2.23. The molecule has 1 aromatic heterocycles. The first-order valence-corrected chi connectivity index (χ1v) is 4.92. The first-order valence-electron chi connectivity index (χ1n) is 4.92. The molecule has 1 aliphatic rings. The molecule has 0 atom stereocenters. The van der Waals surface area contributed by atoms with Gasteiger partial charge in [-0.3, -0.25) is 14.8 Å². The molecule has 1 aromatic carbocycles. The number of aromatic nitrogens is 1. The molecule has 0 aliphatic carbocycles. The van der Waals surface area contributed by atoms with E-state index in [1.807, 2.05) is 18.2 Å². The summed E-state index contributed by atoms with van der Waals surface area (Å²) in [6.45, 7) is 0.0247. The molecule has 3 rings (SSSR count). The maximum Gasteiger partial charge on any atom is 0.211 e. The Labute approximate surface area is 91.6 Å². The molecule has 0 radical (unpaired) electrons. The summed E-state index contributed by atoms with van der Waals surface area (Å²) < 4.78 is 5.43. The van der Waals surface area contributed by atoms with E-state index in [0.717, 1.165) is 10.9 Å². The second kappa shape index (κ2) is 3.41. The number of pyridine rings is 1. The molecule has 4 nitrogen and oxygen atoms in total. The number of benzene rings is 1. The number of hydrogen-bond donors (Lipinski definition) is 0. The van der Waals surface area contributed by atoms with Crippen LogP contribution in [0.5, 0.6) is 5.75 Å². The van der Waals surface area contributed by atoms with E-state index in [1.165, 1.54) is 6.21 Å². The van der Waals surface area contributed by atoms with Gasteiger partial charge < -0.3 is 4.74 Å². The molecule has 16 heavy (non-hydrogen) atoms. The first kappa shape index (κ1) is 9.03. The minimum Gasteiger partial charge on any atom is -0.485 e. The molecule has 0 N–H and O–H groups in total. The average Bonchev–Trinajstić information content (AvgIpc) is 2.31. The molecule has 0 amide bonds. The van der Waals surface area contributed by atoms with Gasteiger partial charge in [0.15, 0.2) is 6.61 Å². The smallest absolute Gasteiger partial charge is 0.211 e. The first-order chi connectivity index (χ1) is 7.84. The van der Waals surface area contributed by atoms with Crippen molar-refractivity contribution < 1.29 is 9.53 Å². The van der Waals surface area contributed by atoms with Gasteiger partial charge in [-0.15, -0.1) is 0 Å². The van der Waals surface area contributed by atoms with E-state index in [1.54, 1.807) is 12.3 Å². The maximum atomic E-state index is 11.3. The van der Waals surface area contributed by atoms with Crippen molar-refractivity contribution in [3.8, 4) is 5.75 Å². The average molecular weight is 212 g/mol. The number of Topliss-reactive ketones (excluding diaryl/α,β-unsaturated/α-hetero) is 1. The lowest BCUT2D eigenvalue weighted by Gasteiger charge is -2.11. The van der Waals surface area contributed by atoms with Crippen molar-refractivity contribution in [1.29, 1.82) is 0 Å². The number of carbonyl (C=O) groups excluding carboxylic acids is 1. The van der Waals surface area contributed by atoms with Crippen molar-refractivity contribution in [2.45, 2.75) is 0 Å². The molecule has 0 bridgehead atoms. The highest BCUT2D eigenvalue weighted by Gasteiger charge is 2.11. The minimum absolute atomic E-state index is 0.0247. The number of ketones is 1. The third-order valence-corrected chi connectivity index (χ3v) is 2.42. The van der Waals surface area contributed by atoms with Crippen molar-refractivity contribution >= 4 is 28.6 Å². The lowest BCUT2D eigenvalue weighted by molar-refractivity contribution is -0.114. The van der Waals surface area contributed by atoms with Crippen molar-refractivity contribution in [1.82, 2.24) is 4.98 Å². The van der Waals surface area contributed by atoms with Crippen LogP contribution in [0.2, 0.25) is 0 Å². The van der Waals surface area contributed by atoms with Crippen LogP contribution in [0.25, 0.3) is 10.9 Å². The zero-order valence-electron chi connectivity index (χ0n) is 8.38. The van der Waals surface area contributed by atoms with E-state index >= 15 is 0 Å². The Morgan fingerprint density at radius 2 is 2.19 bits per heavy atom. The van der Waals surface area contributed by atoms with Gasteiger partial charge in [-0.1, -0.05) is 6.07 Å². The molecule has 0 spiro atoms. The third-order valence-electron chi connectivity index (χ3n) is 2.42. The SMILES string of the molecule is O=C1C=Nc2ccnc3cccc(c23)OC1. The number of carbonyl (C=O) groups is 1. The Morgan fingerprint density at radius 3 is 3.12 bits per heavy atom. The molecule has 2 heterocycles. The zero-order valence-corrected chi connectivity index (χ0v) is 8.38.